The molecule has 36 heavy (non-hydrogen) atoms. The van der Waals surface area contributed by atoms with Crippen LogP contribution in [0.4, 0.5) is 5.69 Å². The average Bonchev–Trinajstić information content (AvgIpc) is 3.42. The summed E-state index contributed by atoms with van der Waals surface area (Å²) in [7, 11) is 0. The van der Waals surface area contributed by atoms with E-state index >= 15 is 0 Å². The van der Waals surface area contributed by atoms with Crippen LogP contribution in [0, 0.1) is 13.8 Å². The Hall–Kier alpha value is -3.29. The number of nitrogens with one attached hydrogen (secondary N) is 1. The maximum absolute atomic E-state index is 13.4. The monoisotopic (exact) mass is 519 g/mol. The fraction of sp³-hybridized carbons (Fsp3) is 0.250. The lowest BCUT2D eigenvalue weighted by atomic mass is 9.98. The van der Waals surface area contributed by atoms with Gasteiger partial charge < -0.3 is 9.73 Å². The fourth-order valence-corrected chi connectivity index (χ4v) is 5.59. The van der Waals surface area contributed by atoms with E-state index in [9.17, 15) is 9.59 Å². The molecule has 1 atom stereocenters. The summed E-state index contributed by atoms with van der Waals surface area (Å²) in [5.41, 5.74) is 4.53. The largest absolute Gasteiger partial charge is 0.455 e. The van der Waals surface area contributed by atoms with Crippen LogP contribution in [0.3, 0.4) is 0 Å². The van der Waals surface area contributed by atoms with Gasteiger partial charge in [0, 0.05) is 29.0 Å². The van der Waals surface area contributed by atoms with E-state index < -0.39 is 0 Å². The van der Waals surface area contributed by atoms with Crippen molar-refractivity contribution >= 4 is 46.1 Å². The number of aryl methyl sites for hydroxylation is 1. The van der Waals surface area contributed by atoms with Crippen molar-refractivity contribution in [1.29, 1.82) is 0 Å². The van der Waals surface area contributed by atoms with E-state index in [4.69, 9.17) is 16.0 Å². The van der Waals surface area contributed by atoms with Crippen molar-refractivity contribution in [1.82, 2.24) is 9.29 Å². The summed E-state index contributed by atoms with van der Waals surface area (Å²) < 4.78 is 8.15. The van der Waals surface area contributed by atoms with E-state index in [-0.39, 0.29) is 28.2 Å². The predicted molar refractivity (Wildman–Crippen MR) is 147 cm³/mol. The second-order valence-corrected chi connectivity index (χ2v) is 10.5. The Labute approximate surface area is 218 Å². The molecule has 0 spiro atoms. The number of aromatic nitrogens is 1. The van der Waals surface area contributed by atoms with Crippen molar-refractivity contribution in [2.45, 2.75) is 33.2 Å². The summed E-state index contributed by atoms with van der Waals surface area (Å²) >= 11 is 7.67. The van der Waals surface area contributed by atoms with Crippen molar-refractivity contribution in [3.8, 4) is 11.3 Å². The first kappa shape index (κ1) is 24.4. The highest BCUT2D eigenvalue weighted by Gasteiger charge is 2.26. The first-order valence-electron chi connectivity index (χ1n) is 11.8. The number of benzene rings is 2. The molecule has 6 nitrogen and oxygen atoms in total. The molecule has 2 aromatic heterocycles. The van der Waals surface area contributed by atoms with Gasteiger partial charge in [-0.2, -0.15) is 0 Å². The molecule has 1 saturated heterocycles. The lowest BCUT2D eigenvalue weighted by Crippen LogP contribution is -2.24. The van der Waals surface area contributed by atoms with Gasteiger partial charge in [-0.3, -0.25) is 13.9 Å². The summed E-state index contributed by atoms with van der Waals surface area (Å²) in [5, 5.41) is 4.23. The van der Waals surface area contributed by atoms with E-state index in [1.54, 1.807) is 23.4 Å². The second kappa shape index (κ2) is 9.99. The molecule has 3 heterocycles. The first-order valence-corrected chi connectivity index (χ1v) is 13.2. The molecule has 0 radical (unpaired) electrons. The molecule has 1 fully saturated rings. The molecule has 5 rings (SSSR count). The van der Waals surface area contributed by atoms with Gasteiger partial charge in [-0.1, -0.05) is 48.0 Å². The summed E-state index contributed by atoms with van der Waals surface area (Å²) in [6, 6.07) is 16.6. The van der Waals surface area contributed by atoms with Crippen LogP contribution >= 0.6 is 23.5 Å². The van der Waals surface area contributed by atoms with Gasteiger partial charge in [0.1, 0.15) is 16.5 Å². The van der Waals surface area contributed by atoms with E-state index in [0.717, 1.165) is 28.9 Å². The number of anilines is 1. The minimum absolute atomic E-state index is 0.0534. The Bertz CT molecular complexity index is 1510. The summed E-state index contributed by atoms with van der Waals surface area (Å²) in [4.78, 5) is 30.9. The third kappa shape index (κ3) is 4.61. The van der Waals surface area contributed by atoms with E-state index in [1.165, 1.54) is 11.9 Å². The van der Waals surface area contributed by atoms with Crippen LogP contribution in [0.15, 0.2) is 63.8 Å². The standard InChI is InChI=1S/C28H26ClN3O3S/c1-16-14-20(27-21(15-16)25(33)17(2)26(35-27)19-8-5-4-6-9-19)18(3)30-22-10-11-23(29)31-24(22)28(34)32-12-7-13-36-32/h4-6,8-11,14-15,18,30H,7,12-13H2,1-3H3. The molecule has 1 amide bonds. The number of hydrogen-bond donors (Lipinski definition) is 1. The number of hydrogen-bond acceptors (Lipinski definition) is 6. The predicted octanol–water partition coefficient (Wildman–Crippen LogP) is 6.79. The molecule has 1 N–H and O–H groups in total. The van der Waals surface area contributed by atoms with Crippen LogP contribution in [-0.4, -0.2) is 27.5 Å². The highest BCUT2D eigenvalue weighted by atomic mass is 35.5. The van der Waals surface area contributed by atoms with Gasteiger partial charge in [0.25, 0.3) is 5.91 Å². The van der Waals surface area contributed by atoms with Gasteiger partial charge in [-0.15, -0.1) is 0 Å². The van der Waals surface area contributed by atoms with Crippen LogP contribution < -0.4 is 10.7 Å². The van der Waals surface area contributed by atoms with Crippen molar-refractivity contribution < 1.29 is 9.21 Å². The molecular weight excluding hydrogens is 494 g/mol. The molecule has 184 valence electrons. The molecule has 2 aromatic carbocycles. The van der Waals surface area contributed by atoms with Crippen molar-refractivity contribution in [3.63, 3.8) is 0 Å². The zero-order valence-corrected chi connectivity index (χ0v) is 21.9. The quantitative estimate of drug-likeness (QED) is 0.231. The number of carbonyl (C=O) groups excluding carboxylic acids is 1. The van der Waals surface area contributed by atoms with E-state index in [2.05, 4.69) is 10.3 Å². The number of rotatable bonds is 5. The fourth-order valence-electron chi connectivity index (χ4n) is 4.51. The maximum atomic E-state index is 13.4. The molecule has 4 aromatic rings. The van der Waals surface area contributed by atoms with Crippen LogP contribution in [-0.2, 0) is 0 Å². The van der Waals surface area contributed by atoms with Gasteiger partial charge in [0.05, 0.1) is 17.1 Å². The first-order chi connectivity index (χ1) is 17.3. The zero-order valence-electron chi connectivity index (χ0n) is 20.3. The summed E-state index contributed by atoms with van der Waals surface area (Å²) in [6.07, 6.45) is 0.952. The van der Waals surface area contributed by atoms with Crippen LogP contribution in [0.25, 0.3) is 22.3 Å². The molecule has 0 aliphatic carbocycles. The molecule has 8 heteroatoms. The van der Waals surface area contributed by atoms with Gasteiger partial charge in [0.2, 0.25) is 0 Å². The normalized spacial score (nSPS) is 14.3. The van der Waals surface area contributed by atoms with Gasteiger partial charge in [-0.05, 0) is 62.9 Å². The molecule has 1 aliphatic heterocycles. The number of pyridine rings is 1. The third-order valence-corrected chi connectivity index (χ3v) is 7.65. The second-order valence-electron chi connectivity index (χ2n) is 8.97. The maximum Gasteiger partial charge on any atom is 0.284 e. The molecule has 0 bridgehead atoms. The smallest absolute Gasteiger partial charge is 0.284 e. The molecule has 0 saturated carbocycles. The number of halogens is 1. The SMILES string of the molecule is Cc1cc(C(C)Nc2ccc(Cl)nc2C(=O)N2CCCS2)c2oc(-c3ccccc3)c(C)c(=O)c2c1. The van der Waals surface area contributed by atoms with Crippen LogP contribution in [0.5, 0.6) is 0 Å². The topological polar surface area (TPSA) is 75.4 Å². The van der Waals surface area contributed by atoms with Crippen LogP contribution in [0.1, 0.15) is 46.6 Å². The van der Waals surface area contributed by atoms with Gasteiger partial charge in [-0.25, -0.2) is 4.98 Å². The van der Waals surface area contributed by atoms with Crippen LogP contribution in [0.2, 0.25) is 5.15 Å². The number of carbonyl (C=O) groups is 1. The lowest BCUT2D eigenvalue weighted by molar-refractivity contribution is 0.0873. The Morgan fingerprint density at radius 3 is 2.67 bits per heavy atom. The van der Waals surface area contributed by atoms with E-state index in [0.29, 0.717) is 34.5 Å². The van der Waals surface area contributed by atoms with Gasteiger partial charge in [0.15, 0.2) is 11.1 Å². The van der Waals surface area contributed by atoms with Crippen molar-refractivity contribution in [2.24, 2.45) is 0 Å². The lowest BCUT2D eigenvalue weighted by Gasteiger charge is -2.21. The Balaban J connectivity index is 1.59. The highest BCUT2D eigenvalue weighted by molar-refractivity contribution is 7.97. The van der Waals surface area contributed by atoms with Gasteiger partial charge >= 0.3 is 0 Å². The summed E-state index contributed by atoms with van der Waals surface area (Å²) in [6.45, 7) is 6.41. The number of amides is 1. The Morgan fingerprint density at radius 1 is 1.17 bits per heavy atom. The molecule has 1 unspecified atom stereocenters. The summed E-state index contributed by atoms with van der Waals surface area (Å²) in [5.74, 6) is 1.29. The highest BCUT2D eigenvalue weighted by Crippen LogP contribution is 2.33. The number of fused-ring (bicyclic) bond motifs is 1. The Morgan fingerprint density at radius 2 is 1.94 bits per heavy atom. The minimum Gasteiger partial charge on any atom is -0.455 e. The van der Waals surface area contributed by atoms with Crippen molar-refractivity contribution in [2.75, 3.05) is 17.6 Å². The van der Waals surface area contributed by atoms with E-state index in [1.807, 2.05) is 56.3 Å². The number of nitrogens with zero attached hydrogens (tertiary/aromatic N) is 2. The zero-order chi connectivity index (χ0) is 25.4. The minimum atomic E-state index is -0.289. The van der Waals surface area contributed by atoms with Crippen molar-refractivity contribution in [3.05, 3.63) is 92.4 Å². The third-order valence-electron chi connectivity index (χ3n) is 6.31. The average molecular weight is 520 g/mol. The Kier molecular flexibility index (Phi) is 6.77. The molecular formula is C28H26ClN3O3S. The molecule has 1 aliphatic rings.